The average molecular weight is 194 g/mol. The predicted octanol–water partition coefficient (Wildman–Crippen LogP) is 0.293. The van der Waals surface area contributed by atoms with Gasteiger partial charge in [-0.05, 0) is 0 Å². The van der Waals surface area contributed by atoms with Gasteiger partial charge in [-0.25, -0.2) is 13.6 Å². The molecule has 2 amide bonds. The molecule has 6 heteroatoms. The van der Waals surface area contributed by atoms with Crippen LogP contribution >= 0.6 is 0 Å². The molecule has 1 N–H and O–H groups in total. The molecule has 76 valence electrons. The van der Waals surface area contributed by atoms with Crippen molar-refractivity contribution in [2.24, 2.45) is 0 Å². The van der Waals surface area contributed by atoms with Crippen molar-refractivity contribution in [3.63, 3.8) is 0 Å². The zero-order valence-corrected chi connectivity index (χ0v) is 7.13. The van der Waals surface area contributed by atoms with Gasteiger partial charge >= 0.3 is 6.03 Å². The molecule has 1 fully saturated rings. The van der Waals surface area contributed by atoms with Crippen LogP contribution in [-0.2, 0) is 4.74 Å². The van der Waals surface area contributed by atoms with E-state index in [1.165, 1.54) is 4.90 Å². The molecule has 13 heavy (non-hydrogen) atoms. The number of rotatable bonds is 5. The van der Waals surface area contributed by atoms with E-state index in [0.29, 0.717) is 19.6 Å². The first-order valence-corrected chi connectivity index (χ1v) is 4.09. The number of alkyl halides is 2. The van der Waals surface area contributed by atoms with E-state index < -0.39 is 13.0 Å². The number of nitrogens with zero attached hydrogens (tertiary/aromatic N) is 1. The molecule has 0 aromatic carbocycles. The summed E-state index contributed by atoms with van der Waals surface area (Å²) in [6.07, 6.45) is -2.44. The molecule has 0 aromatic heterocycles. The van der Waals surface area contributed by atoms with Crippen LogP contribution in [0.15, 0.2) is 0 Å². The second kappa shape index (κ2) is 4.96. The lowest BCUT2D eigenvalue weighted by atomic mass is 10.5. The number of carbonyl (C=O) groups is 1. The summed E-state index contributed by atoms with van der Waals surface area (Å²) in [6.45, 7) is 1.22. The standard InChI is InChI=1S/C7H12F2N2O2/c8-6(9)5-13-4-3-11-2-1-10-7(11)12/h6H,1-5H2,(H,10,12). The van der Waals surface area contributed by atoms with Crippen LogP contribution < -0.4 is 5.32 Å². The fraction of sp³-hybridized carbons (Fsp3) is 0.857. The molecular formula is C7H12F2N2O2. The van der Waals surface area contributed by atoms with Crippen molar-refractivity contribution in [1.29, 1.82) is 0 Å². The zero-order chi connectivity index (χ0) is 9.68. The molecule has 0 unspecified atom stereocenters. The molecular weight excluding hydrogens is 182 g/mol. The van der Waals surface area contributed by atoms with E-state index in [-0.39, 0.29) is 12.6 Å². The van der Waals surface area contributed by atoms with Gasteiger partial charge in [-0.1, -0.05) is 0 Å². The minimum absolute atomic E-state index is 0.152. The molecule has 4 nitrogen and oxygen atoms in total. The molecule has 0 aliphatic carbocycles. The molecule has 1 aliphatic heterocycles. The van der Waals surface area contributed by atoms with Gasteiger partial charge in [-0.2, -0.15) is 0 Å². The lowest BCUT2D eigenvalue weighted by molar-refractivity contribution is 0.0136. The van der Waals surface area contributed by atoms with Crippen molar-refractivity contribution in [3.8, 4) is 0 Å². The average Bonchev–Trinajstić information content (AvgIpc) is 2.45. The highest BCUT2D eigenvalue weighted by Crippen LogP contribution is 1.97. The maximum absolute atomic E-state index is 11.6. The van der Waals surface area contributed by atoms with Gasteiger partial charge in [0.05, 0.1) is 6.61 Å². The van der Waals surface area contributed by atoms with E-state index in [1.807, 2.05) is 0 Å². The molecule has 0 aromatic rings. The summed E-state index contributed by atoms with van der Waals surface area (Å²) in [6, 6.07) is -0.152. The first-order valence-electron chi connectivity index (χ1n) is 4.09. The van der Waals surface area contributed by atoms with Crippen molar-refractivity contribution in [1.82, 2.24) is 10.2 Å². The lowest BCUT2D eigenvalue weighted by Crippen LogP contribution is -2.31. The number of hydrogen-bond donors (Lipinski definition) is 1. The second-order valence-corrected chi connectivity index (χ2v) is 2.68. The largest absolute Gasteiger partial charge is 0.374 e. The molecule has 0 atom stereocenters. The van der Waals surface area contributed by atoms with Gasteiger partial charge in [0.15, 0.2) is 0 Å². The van der Waals surface area contributed by atoms with Crippen LogP contribution in [0.25, 0.3) is 0 Å². The van der Waals surface area contributed by atoms with E-state index >= 15 is 0 Å². The summed E-state index contributed by atoms with van der Waals surface area (Å²) >= 11 is 0. The first-order chi connectivity index (χ1) is 6.20. The third-order valence-corrected chi connectivity index (χ3v) is 1.69. The van der Waals surface area contributed by atoms with Crippen molar-refractivity contribution < 1.29 is 18.3 Å². The third kappa shape index (κ3) is 3.54. The van der Waals surface area contributed by atoms with Gasteiger partial charge in [0, 0.05) is 19.6 Å². The quantitative estimate of drug-likeness (QED) is 0.639. The number of halogens is 2. The lowest BCUT2D eigenvalue weighted by Gasteiger charge is -2.13. The molecule has 1 heterocycles. The summed E-state index contributed by atoms with van der Waals surface area (Å²) in [4.78, 5) is 12.4. The maximum Gasteiger partial charge on any atom is 0.317 e. The highest BCUT2D eigenvalue weighted by atomic mass is 19.3. The van der Waals surface area contributed by atoms with Crippen LogP contribution in [0.5, 0.6) is 0 Å². The zero-order valence-electron chi connectivity index (χ0n) is 7.13. The fourth-order valence-corrected chi connectivity index (χ4v) is 1.07. The summed E-state index contributed by atoms with van der Waals surface area (Å²) in [5, 5.41) is 2.60. The Morgan fingerprint density at radius 3 is 2.92 bits per heavy atom. The number of carbonyl (C=O) groups excluding carboxylic acids is 1. The Hall–Kier alpha value is -0.910. The van der Waals surface area contributed by atoms with Crippen molar-refractivity contribution >= 4 is 6.03 Å². The molecule has 0 bridgehead atoms. The Morgan fingerprint density at radius 1 is 1.62 bits per heavy atom. The number of nitrogens with one attached hydrogen (secondary N) is 1. The number of urea groups is 1. The van der Waals surface area contributed by atoms with E-state index in [4.69, 9.17) is 0 Å². The van der Waals surface area contributed by atoms with Gasteiger partial charge in [0.2, 0.25) is 0 Å². The topological polar surface area (TPSA) is 41.6 Å². The summed E-state index contributed by atoms with van der Waals surface area (Å²) < 4.78 is 27.8. The summed E-state index contributed by atoms with van der Waals surface area (Å²) in [7, 11) is 0. The number of ether oxygens (including phenoxy) is 1. The van der Waals surface area contributed by atoms with Crippen molar-refractivity contribution in [3.05, 3.63) is 0 Å². The van der Waals surface area contributed by atoms with Crippen molar-refractivity contribution in [2.75, 3.05) is 32.8 Å². The van der Waals surface area contributed by atoms with Gasteiger partial charge in [-0.3, -0.25) is 0 Å². The van der Waals surface area contributed by atoms with Crippen LogP contribution in [0.4, 0.5) is 13.6 Å². The van der Waals surface area contributed by atoms with Gasteiger partial charge in [-0.15, -0.1) is 0 Å². The van der Waals surface area contributed by atoms with Gasteiger partial charge < -0.3 is 15.0 Å². The van der Waals surface area contributed by atoms with Crippen LogP contribution in [0.2, 0.25) is 0 Å². The SMILES string of the molecule is O=C1NCCN1CCOCC(F)F. The minimum Gasteiger partial charge on any atom is -0.374 e. The summed E-state index contributed by atoms with van der Waals surface area (Å²) in [5.41, 5.74) is 0. The fourth-order valence-electron chi connectivity index (χ4n) is 1.07. The molecule has 0 spiro atoms. The van der Waals surface area contributed by atoms with E-state index in [9.17, 15) is 13.6 Å². The van der Waals surface area contributed by atoms with Crippen LogP contribution in [0.1, 0.15) is 0 Å². The second-order valence-electron chi connectivity index (χ2n) is 2.68. The Balaban J connectivity index is 2.02. The smallest absolute Gasteiger partial charge is 0.317 e. The van der Waals surface area contributed by atoms with E-state index in [0.717, 1.165) is 0 Å². The number of amides is 2. The van der Waals surface area contributed by atoms with Gasteiger partial charge in [0.25, 0.3) is 6.43 Å². The highest BCUT2D eigenvalue weighted by Gasteiger charge is 2.18. The normalized spacial score (nSPS) is 16.8. The Morgan fingerprint density at radius 2 is 2.38 bits per heavy atom. The first kappa shape index (κ1) is 10.2. The predicted molar refractivity (Wildman–Crippen MR) is 41.8 cm³/mol. The molecule has 1 rings (SSSR count). The minimum atomic E-state index is -2.44. The van der Waals surface area contributed by atoms with Crippen molar-refractivity contribution in [2.45, 2.75) is 6.43 Å². The highest BCUT2D eigenvalue weighted by molar-refractivity contribution is 5.76. The maximum atomic E-state index is 11.6. The van der Waals surface area contributed by atoms with E-state index in [2.05, 4.69) is 10.1 Å². The third-order valence-electron chi connectivity index (χ3n) is 1.69. The Labute approximate surface area is 74.8 Å². The number of hydrogen-bond acceptors (Lipinski definition) is 2. The van der Waals surface area contributed by atoms with Crippen LogP contribution in [0.3, 0.4) is 0 Å². The Kier molecular flexibility index (Phi) is 3.88. The monoisotopic (exact) mass is 194 g/mol. The van der Waals surface area contributed by atoms with E-state index in [1.54, 1.807) is 0 Å². The summed E-state index contributed by atoms with van der Waals surface area (Å²) in [5.74, 6) is 0. The molecule has 0 saturated carbocycles. The molecule has 0 radical (unpaired) electrons. The van der Waals surface area contributed by atoms with Crippen LogP contribution in [0, 0.1) is 0 Å². The molecule has 1 saturated heterocycles. The Bertz CT molecular complexity index is 178. The van der Waals surface area contributed by atoms with Gasteiger partial charge in [0.1, 0.15) is 6.61 Å². The molecule has 1 aliphatic rings. The van der Waals surface area contributed by atoms with Crippen LogP contribution in [-0.4, -0.2) is 50.2 Å².